The number of nitrogens with zero attached hydrogens (tertiary/aromatic N) is 2. The molecule has 0 fully saturated rings. The summed E-state index contributed by atoms with van der Waals surface area (Å²) in [7, 11) is 0. The van der Waals surface area contributed by atoms with E-state index in [4.69, 9.17) is 0 Å². The minimum atomic E-state index is 0.781. The molecule has 0 aliphatic carbocycles. The summed E-state index contributed by atoms with van der Waals surface area (Å²) in [5.74, 6) is 0.781. The molecule has 0 aliphatic rings. The maximum atomic E-state index is 4.62. The molecule has 2 nitrogen and oxygen atoms in total. The molecule has 1 aromatic heterocycles. The Hall–Kier alpha value is -3.26. The van der Waals surface area contributed by atoms with E-state index in [0.717, 1.165) is 28.3 Å². The van der Waals surface area contributed by atoms with Crippen molar-refractivity contribution in [3.05, 3.63) is 96.8 Å². The van der Waals surface area contributed by atoms with E-state index in [0.29, 0.717) is 0 Å². The van der Waals surface area contributed by atoms with E-state index in [2.05, 4.69) is 76.7 Å². The van der Waals surface area contributed by atoms with Crippen LogP contribution in [0.1, 0.15) is 5.82 Å². The molecule has 3 aromatic carbocycles. The number of hydrogen-bond donors (Lipinski definition) is 0. The van der Waals surface area contributed by atoms with Gasteiger partial charge in [-0.25, -0.2) is 9.97 Å². The van der Waals surface area contributed by atoms with E-state index in [9.17, 15) is 0 Å². The van der Waals surface area contributed by atoms with Gasteiger partial charge in [-0.2, -0.15) is 0 Å². The Morgan fingerprint density at radius 2 is 0.880 bits per heavy atom. The van der Waals surface area contributed by atoms with Crippen molar-refractivity contribution in [1.29, 1.82) is 0 Å². The Balaban J connectivity index is 1.71. The summed E-state index contributed by atoms with van der Waals surface area (Å²) in [5, 5.41) is 0. The van der Waals surface area contributed by atoms with Crippen molar-refractivity contribution in [3.8, 4) is 33.6 Å². The van der Waals surface area contributed by atoms with Gasteiger partial charge < -0.3 is 0 Å². The van der Waals surface area contributed by atoms with Crippen molar-refractivity contribution in [2.45, 2.75) is 6.92 Å². The maximum Gasteiger partial charge on any atom is 0.126 e. The smallest absolute Gasteiger partial charge is 0.126 e. The first-order chi connectivity index (χ1) is 12.3. The van der Waals surface area contributed by atoms with Gasteiger partial charge in [-0.1, -0.05) is 84.9 Å². The van der Waals surface area contributed by atoms with Crippen molar-refractivity contribution in [3.63, 3.8) is 0 Å². The summed E-state index contributed by atoms with van der Waals surface area (Å²) in [5.41, 5.74) is 6.54. The molecule has 1 heterocycles. The van der Waals surface area contributed by atoms with Crippen LogP contribution < -0.4 is 0 Å². The standard InChI is InChI=1S/C23H18N2/c1-17-24-22(20-10-6-3-7-11-20)16-23(25-17)21-14-12-19(13-15-21)18-8-4-2-5-9-18/h2-16H,1H3. The molecule has 4 aromatic rings. The number of hydrogen-bond acceptors (Lipinski definition) is 2. The quantitative estimate of drug-likeness (QED) is 0.477. The Labute approximate surface area is 147 Å². The van der Waals surface area contributed by atoms with E-state index in [1.807, 2.05) is 31.2 Å². The second-order valence-corrected chi connectivity index (χ2v) is 6.00. The average molecular weight is 322 g/mol. The topological polar surface area (TPSA) is 25.8 Å². The largest absolute Gasteiger partial charge is 0.233 e. The van der Waals surface area contributed by atoms with Crippen LogP contribution in [0.25, 0.3) is 33.6 Å². The van der Waals surface area contributed by atoms with Crippen LogP contribution in [0, 0.1) is 6.92 Å². The molecule has 0 amide bonds. The molecule has 120 valence electrons. The highest BCUT2D eigenvalue weighted by molar-refractivity contribution is 5.71. The zero-order valence-electron chi connectivity index (χ0n) is 14.1. The van der Waals surface area contributed by atoms with Crippen molar-refractivity contribution in [1.82, 2.24) is 9.97 Å². The van der Waals surface area contributed by atoms with Gasteiger partial charge in [0.1, 0.15) is 5.82 Å². The Kier molecular flexibility index (Phi) is 4.09. The first-order valence-corrected chi connectivity index (χ1v) is 8.36. The molecule has 0 spiro atoms. The zero-order valence-corrected chi connectivity index (χ0v) is 14.1. The van der Waals surface area contributed by atoms with Gasteiger partial charge in [-0.15, -0.1) is 0 Å². The Bertz CT molecular complexity index is 975. The number of aryl methyl sites for hydroxylation is 1. The summed E-state index contributed by atoms with van der Waals surface area (Å²) < 4.78 is 0. The summed E-state index contributed by atoms with van der Waals surface area (Å²) in [4.78, 5) is 9.20. The summed E-state index contributed by atoms with van der Waals surface area (Å²) in [6, 6.07) is 31.2. The Morgan fingerprint density at radius 1 is 0.480 bits per heavy atom. The van der Waals surface area contributed by atoms with E-state index in [-0.39, 0.29) is 0 Å². The normalized spacial score (nSPS) is 10.6. The van der Waals surface area contributed by atoms with Gasteiger partial charge in [0.15, 0.2) is 0 Å². The van der Waals surface area contributed by atoms with E-state index in [1.54, 1.807) is 0 Å². The third-order valence-electron chi connectivity index (χ3n) is 4.20. The molecular formula is C23H18N2. The number of rotatable bonds is 3. The highest BCUT2D eigenvalue weighted by Gasteiger charge is 2.07. The lowest BCUT2D eigenvalue weighted by Crippen LogP contribution is -1.94. The molecule has 0 N–H and O–H groups in total. The highest BCUT2D eigenvalue weighted by atomic mass is 14.9. The fourth-order valence-electron chi connectivity index (χ4n) is 2.94. The van der Waals surface area contributed by atoms with Crippen molar-refractivity contribution >= 4 is 0 Å². The molecule has 0 bridgehead atoms. The van der Waals surface area contributed by atoms with Crippen LogP contribution in [0.5, 0.6) is 0 Å². The molecule has 0 aliphatic heterocycles. The Morgan fingerprint density at radius 3 is 1.44 bits per heavy atom. The van der Waals surface area contributed by atoms with Crippen LogP contribution >= 0.6 is 0 Å². The summed E-state index contributed by atoms with van der Waals surface area (Å²) in [6.07, 6.45) is 0. The third kappa shape index (κ3) is 3.33. The van der Waals surface area contributed by atoms with Gasteiger partial charge in [0.05, 0.1) is 11.4 Å². The molecule has 25 heavy (non-hydrogen) atoms. The van der Waals surface area contributed by atoms with E-state index in [1.165, 1.54) is 11.1 Å². The van der Waals surface area contributed by atoms with E-state index >= 15 is 0 Å². The molecular weight excluding hydrogens is 304 g/mol. The van der Waals surface area contributed by atoms with Crippen LogP contribution in [0.2, 0.25) is 0 Å². The predicted molar refractivity (Wildman–Crippen MR) is 103 cm³/mol. The minimum Gasteiger partial charge on any atom is -0.233 e. The molecule has 0 saturated heterocycles. The third-order valence-corrected chi connectivity index (χ3v) is 4.20. The van der Waals surface area contributed by atoms with Gasteiger partial charge in [-0.3, -0.25) is 0 Å². The molecule has 4 rings (SSSR count). The first-order valence-electron chi connectivity index (χ1n) is 8.36. The minimum absolute atomic E-state index is 0.781. The van der Waals surface area contributed by atoms with Crippen LogP contribution in [-0.2, 0) is 0 Å². The average Bonchev–Trinajstić information content (AvgIpc) is 2.69. The van der Waals surface area contributed by atoms with Gasteiger partial charge in [-0.05, 0) is 24.1 Å². The fourth-order valence-corrected chi connectivity index (χ4v) is 2.94. The van der Waals surface area contributed by atoms with Crippen LogP contribution in [0.15, 0.2) is 91.0 Å². The van der Waals surface area contributed by atoms with Crippen LogP contribution in [0.3, 0.4) is 0 Å². The van der Waals surface area contributed by atoms with Crippen LogP contribution in [0.4, 0.5) is 0 Å². The predicted octanol–water partition coefficient (Wildman–Crippen LogP) is 5.79. The van der Waals surface area contributed by atoms with Gasteiger partial charge in [0, 0.05) is 11.1 Å². The van der Waals surface area contributed by atoms with Crippen LogP contribution in [-0.4, -0.2) is 9.97 Å². The first kappa shape index (κ1) is 15.3. The molecule has 0 atom stereocenters. The second-order valence-electron chi connectivity index (χ2n) is 6.00. The summed E-state index contributed by atoms with van der Waals surface area (Å²) >= 11 is 0. The summed E-state index contributed by atoms with van der Waals surface area (Å²) in [6.45, 7) is 1.94. The highest BCUT2D eigenvalue weighted by Crippen LogP contribution is 2.26. The molecule has 0 radical (unpaired) electrons. The SMILES string of the molecule is Cc1nc(-c2ccccc2)cc(-c2ccc(-c3ccccc3)cc2)n1. The number of benzene rings is 3. The van der Waals surface area contributed by atoms with E-state index < -0.39 is 0 Å². The van der Waals surface area contributed by atoms with Gasteiger partial charge >= 0.3 is 0 Å². The lowest BCUT2D eigenvalue weighted by Gasteiger charge is -2.08. The van der Waals surface area contributed by atoms with Crippen molar-refractivity contribution < 1.29 is 0 Å². The number of aromatic nitrogens is 2. The molecule has 2 heteroatoms. The van der Waals surface area contributed by atoms with Crippen molar-refractivity contribution in [2.24, 2.45) is 0 Å². The van der Waals surface area contributed by atoms with Crippen molar-refractivity contribution in [2.75, 3.05) is 0 Å². The second kappa shape index (κ2) is 6.70. The fraction of sp³-hybridized carbons (Fsp3) is 0.0435. The lowest BCUT2D eigenvalue weighted by atomic mass is 10.0. The van der Waals surface area contributed by atoms with Gasteiger partial charge in [0.2, 0.25) is 0 Å². The lowest BCUT2D eigenvalue weighted by molar-refractivity contribution is 1.06. The zero-order chi connectivity index (χ0) is 17.1. The maximum absolute atomic E-state index is 4.62. The molecule has 0 unspecified atom stereocenters. The molecule has 0 saturated carbocycles. The van der Waals surface area contributed by atoms with Gasteiger partial charge in [0.25, 0.3) is 0 Å². The monoisotopic (exact) mass is 322 g/mol.